The Morgan fingerprint density at radius 1 is 1.26 bits per heavy atom. The number of carbonyl (C=O) groups excluding carboxylic acids is 1. The van der Waals surface area contributed by atoms with E-state index in [-0.39, 0.29) is 17.9 Å². The molecule has 2 aromatic heterocycles. The summed E-state index contributed by atoms with van der Waals surface area (Å²) >= 11 is 1.51. The normalized spacial score (nSPS) is 11.2. The predicted octanol–water partition coefficient (Wildman–Crippen LogP) is 3.96. The molecule has 6 heteroatoms. The van der Waals surface area contributed by atoms with Gasteiger partial charge in [-0.1, -0.05) is 25.1 Å². The van der Waals surface area contributed by atoms with E-state index in [2.05, 4.69) is 39.0 Å². The third-order valence-electron chi connectivity index (χ3n) is 4.87. The highest BCUT2D eigenvalue weighted by Crippen LogP contribution is 2.32. The molecule has 0 aliphatic rings. The lowest BCUT2D eigenvalue weighted by atomic mass is 10.0. The van der Waals surface area contributed by atoms with Crippen LogP contribution in [0.15, 0.2) is 28.4 Å². The van der Waals surface area contributed by atoms with Gasteiger partial charge >= 0.3 is 0 Å². The van der Waals surface area contributed by atoms with Gasteiger partial charge in [-0.25, -0.2) is 4.98 Å². The van der Waals surface area contributed by atoms with Crippen LogP contribution < -0.4 is 11.3 Å². The van der Waals surface area contributed by atoms with Crippen molar-refractivity contribution in [1.82, 2.24) is 9.55 Å². The van der Waals surface area contributed by atoms with E-state index in [0.29, 0.717) is 18.4 Å². The Kier molecular flexibility index (Phi) is 5.75. The molecule has 5 nitrogen and oxygen atoms in total. The first kappa shape index (κ1) is 19.3. The summed E-state index contributed by atoms with van der Waals surface area (Å²) in [6.45, 7) is 6.68. The molecule has 0 bridgehead atoms. The van der Waals surface area contributed by atoms with Crippen LogP contribution in [0.3, 0.4) is 0 Å². The van der Waals surface area contributed by atoms with E-state index in [0.717, 1.165) is 34.6 Å². The summed E-state index contributed by atoms with van der Waals surface area (Å²) in [5.41, 5.74) is 9.62. The number of carbonyl (C=O) groups is 1. The average Bonchev–Trinajstić information content (AvgIpc) is 3.04. The number of benzene rings is 1. The largest absolute Gasteiger partial charge is 0.370 e. The van der Waals surface area contributed by atoms with Crippen molar-refractivity contribution in [2.24, 2.45) is 5.73 Å². The first-order valence-corrected chi connectivity index (χ1v) is 10.2. The van der Waals surface area contributed by atoms with Crippen molar-refractivity contribution in [3.05, 3.63) is 50.9 Å². The Labute approximate surface area is 162 Å². The fourth-order valence-corrected chi connectivity index (χ4v) is 4.20. The molecule has 0 aliphatic carbocycles. The van der Waals surface area contributed by atoms with Gasteiger partial charge in [-0.3, -0.25) is 14.2 Å². The van der Waals surface area contributed by atoms with E-state index in [9.17, 15) is 9.59 Å². The molecule has 0 unspecified atom stereocenters. The van der Waals surface area contributed by atoms with E-state index in [4.69, 9.17) is 10.7 Å². The fraction of sp³-hybridized carbons (Fsp3) is 0.381. The van der Waals surface area contributed by atoms with Crippen molar-refractivity contribution in [3.8, 4) is 11.1 Å². The Hall–Kier alpha value is -2.47. The second-order valence-electron chi connectivity index (χ2n) is 6.93. The number of aryl methyl sites for hydroxylation is 3. The van der Waals surface area contributed by atoms with E-state index >= 15 is 0 Å². The molecule has 1 amide bonds. The van der Waals surface area contributed by atoms with Crippen molar-refractivity contribution in [1.29, 1.82) is 0 Å². The van der Waals surface area contributed by atoms with E-state index in [1.54, 1.807) is 4.57 Å². The van der Waals surface area contributed by atoms with Crippen LogP contribution in [0.25, 0.3) is 21.3 Å². The number of hydrogen-bond acceptors (Lipinski definition) is 4. The maximum Gasteiger partial charge on any atom is 0.262 e. The second kappa shape index (κ2) is 8.05. The number of rotatable bonds is 7. The third kappa shape index (κ3) is 3.95. The summed E-state index contributed by atoms with van der Waals surface area (Å²) in [4.78, 5) is 30.0. The zero-order valence-corrected chi connectivity index (χ0v) is 16.9. The number of nitrogens with zero attached hydrogens (tertiary/aromatic N) is 2. The van der Waals surface area contributed by atoms with Crippen LogP contribution in [0.5, 0.6) is 0 Å². The summed E-state index contributed by atoms with van der Waals surface area (Å²) in [6.07, 6.45) is 2.45. The molecule has 0 fully saturated rings. The van der Waals surface area contributed by atoms with Gasteiger partial charge in [0.25, 0.3) is 5.56 Å². The molecule has 0 radical (unpaired) electrons. The molecule has 0 spiro atoms. The molecular weight excluding hydrogens is 358 g/mol. The minimum atomic E-state index is -0.347. The van der Waals surface area contributed by atoms with Crippen LogP contribution >= 0.6 is 11.3 Å². The fourth-order valence-electron chi connectivity index (χ4n) is 3.24. The molecular formula is C21H25N3O2S. The maximum atomic E-state index is 13.3. The molecule has 2 N–H and O–H groups in total. The molecule has 0 saturated carbocycles. The molecule has 0 aliphatic heterocycles. The SMILES string of the molecule is CCCc1nc2scc(-c3ccc(C)c(C)c3)c2c(=O)n1CCCC(N)=O. The van der Waals surface area contributed by atoms with Crippen molar-refractivity contribution in [3.63, 3.8) is 0 Å². The highest BCUT2D eigenvalue weighted by Gasteiger charge is 2.17. The van der Waals surface area contributed by atoms with Crippen LogP contribution in [0, 0.1) is 13.8 Å². The number of nitrogens with two attached hydrogens (primary N) is 1. The van der Waals surface area contributed by atoms with Crippen molar-refractivity contribution in [2.45, 2.75) is 53.0 Å². The highest BCUT2D eigenvalue weighted by atomic mass is 32.1. The number of primary amides is 1. The summed E-state index contributed by atoms with van der Waals surface area (Å²) in [7, 11) is 0. The third-order valence-corrected chi connectivity index (χ3v) is 5.74. The first-order valence-electron chi connectivity index (χ1n) is 9.29. The van der Waals surface area contributed by atoms with Crippen molar-refractivity contribution >= 4 is 27.5 Å². The Morgan fingerprint density at radius 3 is 2.70 bits per heavy atom. The maximum absolute atomic E-state index is 13.3. The summed E-state index contributed by atoms with van der Waals surface area (Å²) in [5.74, 6) is 0.438. The average molecular weight is 384 g/mol. The zero-order valence-electron chi connectivity index (χ0n) is 16.0. The summed E-state index contributed by atoms with van der Waals surface area (Å²) in [5, 5.41) is 2.69. The van der Waals surface area contributed by atoms with Crippen molar-refractivity contribution < 1.29 is 4.79 Å². The van der Waals surface area contributed by atoms with Crippen molar-refractivity contribution in [2.75, 3.05) is 0 Å². The lowest BCUT2D eigenvalue weighted by molar-refractivity contribution is -0.118. The quantitative estimate of drug-likeness (QED) is 0.671. The standard InChI is InChI=1S/C21H25N3O2S/c1-4-6-18-23-20-19(21(26)24(18)10-5-7-17(22)25)16(12-27-20)15-9-8-13(2)14(3)11-15/h8-9,11-12H,4-7,10H2,1-3H3,(H2,22,25). The highest BCUT2D eigenvalue weighted by molar-refractivity contribution is 7.17. The van der Waals surface area contributed by atoms with Gasteiger partial charge < -0.3 is 5.73 Å². The van der Waals surface area contributed by atoms with Gasteiger partial charge in [-0.2, -0.15) is 0 Å². The lowest BCUT2D eigenvalue weighted by Crippen LogP contribution is -2.26. The van der Waals surface area contributed by atoms with Crippen LogP contribution in [0.4, 0.5) is 0 Å². The number of aromatic nitrogens is 2. The molecule has 0 atom stereocenters. The monoisotopic (exact) mass is 383 g/mol. The number of thiophene rings is 1. The second-order valence-corrected chi connectivity index (χ2v) is 7.79. The van der Waals surface area contributed by atoms with Crippen LogP contribution in [-0.2, 0) is 17.8 Å². The zero-order chi connectivity index (χ0) is 19.6. The summed E-state index contributed by atoms with van der Waals surface area (Å²) < 4.78 is 1.73. The van der Waals surface area contributed by atoms with Gasteiger partial charge in [0.2, 0.25) is 5.91 Å². The van der Waals surface area contributed by atoms with E-state index in [1.165, 1.54) is 22.5 Å². The molecule has 3 aromatic rings. The molecule has 2 heterocycles. The Morgan fingerprint density at radius 2 is 2.04 bits per heavy atom. The van der Waals surface area contributed by atoms with E-state index < -0.39 is 0 Å². The minimum absolute atomic E-state index is 0.0256. The van der Waals surface area contributed by atoms with Gasteiger partial charge in [-0.05, 0) is 43.4 Å². The molecule has 0 saturated heterocycles. The number of amides is 1. The van der Waals surface area contributed by atoms with Crippen LogP contribution in [-0.4, -0.2) is 15.5 Å². The number of fused-ring (bicyclic) bond motifs is 1. The van der Waals surface area contributed by atoms with Gasteiger partial charge in [-0.15, -0.1) is 11.3 Å². The van der Waals surface area contributed by atoms with Gasteiger partial charge in [0.05, 0.1) is 5.39 Å². The molecule has 142 valence electrons. The Bertz CT molecular complexity index is 1050. The smallest absolute Gasteiger partial charge is 0.262 e. The van der Waals surface area contributed by atoms with Crippen LogP contribution in [0.2, 0.25) is 0 Å². The topological polar surface area (TPSA) is 78.0 Å². The number of hydrogen-bond donors (Lipinski definition) is 1. The van der Waals surface area contributed by atoms with E-state index in [1.807, 2.05) is 5.38 Å². The van der Waals surface area contributed by atoms with Crippen LogP contribution in [0.1, 0.15) is 43.1 Å². The minimum Gasteiger partial charge on any atom is -0.370 e. The van der Waals surface area contributed by atoms with Gasteiger partial charge in [0.1, 0.15) is 10.7 Å². The summed E-state index contributed by atoms with van der Waals surface area (Å²) in [6, 6.07) is 6.26. The predicted molar refractivity (Wildman–Crippen MR) is 111 cm³/mol. The van der Waals surface area contributed by atoms with Gasteiger partial charge in [0.15, 0.2) is 0 Å². The lowest BCUT2D eigenvalue weighted by Gasteiger charge is -2.12. The van der Waals surface area contributed by atoms with Gasteiger partial charge in [0, 0.05) is 30.3 Å². The molecule has 1 aromatic carbocycles. The first-order chi connectivity index (χ1) is 12.9. The molecule has 27 heavy (non-hydrogen) atoms. The Balaban J connectivity index is 2.14. The molecule has 3 rings (SSSR count).